The summed E-state index contributed by atoms with van der Waals surface area (Å²) in [5, 5.41) is 9.08. The summed E-state index contributed by atoms with van der Waals surface area (Å²) in [7, 11) is -3.22. The minimum atomic E-state index is -3.22. The molecule has 0 radical (unpaired) electrons. The monoisotopic (exact) mass is 426 g/mol. The zero-order valence-corrected chi connectivity index (χ0v) is 17.8. The Bertz CT molecular complexity index is 1070. The highest BCUT2D eigenvalue weighted by molar-refractivity contribution is 7.92. The van der Waals surface area contributed by atoms with Gasteiger partial charge in [-0.1, -0.05) is 42.0 Å². The number of sulfone groups is 1. The van der Waals surface area contributed by atoms with Gasteiger partial charge in [-0.15, -0.1) is 0 Å². The van der Waals surface area contributed by atoms with E-state index < -0.39 is 15.1 Å². The third-order valence-corrected chi connectivity index (χ3v) is 7.61. The number of allylic oxidation sites excluding steroid dienone is 1. The number of ether oxygens (including phenoxy) is 2. The largest absolute Gasteiger partial charge is 0.508 e. The van der Waals surface area contributed by atoms with Gasteiger partial charge in [-0.25, -0.2) is 8.42 Å². The second-order valence-electron chi connectivity index (χ2n) is 7.90. The molecule has 0 unspecified atom stereocenters. The number of benzene rings is 2. The lowest BCUT2D eigenvalue weighted by Gasteiger charge is -2.15. The van der Waals surface area contributed by atoms with E-state index in [2.05, 4.69) is 0 Å². The lowest BCUT2D eigenvalue weighted by Crippen LogP contribution is -2.19. The maximum Gasteiger partial charge on any atom is 0.163 e. The molecule has 0 aliphatic carbocycles. The first-order chi connectivity index (χ1) is 14.4. The van der Waals surface area contributed by atoms with Gasteiger partial charge in [0.2, 0.25) is 0 Å². The third kappa shape index (κ3) is 4.60. The summed E-state index contributed by atoms with van der Waals surface area (Å²) in [4.78, 5) is 0. The second kappa shape index (κ2) is 8.66. The Balaban J connectivity index is 1.46. The number of phenolic OH excluding ortho intramolecular Hbond substituents is 1. The van der Waals surface area contributed by atoms with Crippen LogP contribution in [0.5, 0.6) is 11.5 Å². The average Bonchev–Trinajstić information content (AvgIpc) is 3.25. The molecule has 158 valence electrons. The van der Waals surface area contributed by atoms with Crippen molar-refractivity contribution in [3.05, 3.63) is 76.9 Å². The molecule has 2 aliphatic heterocycles. The zero-order valence-electron chi connectivity index (χ0n) is 17.0. The minimum absolute atomic E-state index is 0.0534. The van der Waals surface area contributed by atoms with Crippen LogP contribution < -0.4 is 4.74 Å². The van der Waals surface area contributed by atoms with Crippen LogP contribution >= 0.6 is 0 Å². The molecule has 0 spiro atoms. The summed E-state index contributed by atoms with van der Waals surface area (Å²) in [5.74, 6) is 1.02. The SMILES string of the molecule is C/C(=C\c1cccc(O)c1)CC[C@H]1OC[C@H]2C1=C(COc1ccccc1)CS2(=O)=O. The number of hydrogen-bond donors (Lipinski definition) is 1. The molecule has 2 heterocycles. The molecule has 30 heavy (non-hydrogen) atoms. The van der Waals surface area contributed by atoms with Crippen LogP contribution in [0.4, 0.5) is 0 Å². The second-order valence-corrected chi connectivity index (χ2v) is 10.1. The Labute approximate surface area is 177 Å². The normalized spacial score (nSPS) is 22.9. The standard InChI is InChI=1S/C24H26O5S/c1-17(12-18-6-5-7-20(25)13-18)10-11-22-24-19(14-28-21-8-3-2-4-9-21)16-30(26,27)23(24)15-29-22/h2-9,12-13,22-23,25H,10-11,14-16H2,1H3/b17-12+/t22-,23+/m1/s1. The smallest absolute Gasteiger partial charge is 0.163 e. The molecule has 4 rings (SSSR count). The number of aromatic hydroxyl groups is 1. The highest BCUT2D eigenvalue weighted by Crippen LogP contribution is 2.38. The van der Waals surface area contributed by atoms with Gasteiger partial charge in [-0.3, -0.25) is 0 Å². The van der Waals surface area contributed by atoms with Crippen LogP contribution in [0.3, 0.4) is 0 Å². The Morgan fingerprint density at radius 1 is 1.20 bits per heavy atom. The molecule has 0 bridgehead atoms. The predicted octanol–water partition coefficient (Wildman–Crippen LogP) is 4.15. The predicted molar refractivity (Wildman–Crippen MR) is 117 cm³/mol. The van der Waals surface area contributed by atoms with E-state index in [0.29, 0.717) is 0 Å². The Morgan fingerprint density at radius 2 is 2.00 bits per heavy atom. The summed E-state index contributed by atoms with van der Waals surface area (Å²) >= 11 is 0. The maximum atomic E-state index is 12.6. The molecule has 1 N–H and O–H groups in total. The first kappa shape index (κ1) is 20.7. The van der Waals surface area contributed by atoms with Crippen LogP contribution in [0.1, 0.15) is 25.3 Å². The van der Waals surface area contributed by atoms with Gasteiger partial charge >= 0.3 is 0 Å². The van der Waals surface area contributed by atoms with Crippen molar-refractivity contribution in [2.75, 3.05) is 19.0 Å². The number of para-hydroxylation sites is 1. The van der Waals surface area contributed by atoms with Crippen LogP contribution in [0, 0.1) is 0 Å². The molecular formula is C24H26O5S. The molecule has 2 aliphatic rings. The fraction of sp³-hybridized carbons (Fsp3) is 0.333. The number of hydrogen-bond acceptors (Lipinski definition) is 5. The first-order valence-electron chi connectivity index (χ1n) is 10.1. The molecule has 1 saturated heterocycles. The zero-order chi connectivity index (χ0) is 21.1. The van der Waals surface area contributed by atoms with Gasteiger partial charge in [0.25, 0.3) is 0 Å². The lowest BCUT2D eigenvalue weighted by molar-refractivity contribution is 0.117. The summed E-state index contributed by atoms with van der Waals surface area (Å²) < 4.78 is 37.0. The molecule has 2 atom stereocenters. The van der Waals surface area contributed by atoms with Crippen LogP contribution in [0.2, 0.25) is 0 Å². The van der Waals surface area contributed by atoms with Crippen molar-refractivity contribution in [2.24, 2.45) is 0 Å². The van der Waals surface area contributed by atoms with Crippen molar-refractivity contribution >= 4 is 15.9 Å². The van der Waals surface area contributed by atoms with E-state index in [9.17, 15) is 13.5 Å². The van der Waals surface area contributed by atoms with Crippen molar-refractivity contribution in [2.45, 2.75) is 31.1 Å². The fourth-order valence-electron chi connectivity index (χ4n) is 4.15. The third-order valence-electron chi connectivity index (χ3n) is 5.60. The molecule has 0 saturated carbocycles. The molecule has 0 aromatic heterocycles. The minimum Gasteiger partial charge on any atom is -0.508 e. The number of rotatable bonds is 7. The fourth-order valence-corrected chi connectivity index (χ4v) is 6.08. The Kier molecular flexibility index (Phi) is 5.97. The van der Waals surface area contributed by atoms with Gasteiger partial charge in [-0.2, -0.15) is 0 Å². The summed E-state index contributed by atoms with van der Waals surface area (Å²) in [5.41, 5.74) is 3.82. The van der Waals surface area contributed by atoms with E-state index in [4.69, 9.17) is 9.47 Å². The van der Waals surface area contributed by atoms with Crippen molar-refractivity contribution in [1.29, 1.82) is 0 Å². The van der Waals surface area contributed by atoms with Crippen LogP contribution in [0.25, 0.3) is 6.08 Å². The molecule has 1 fully saturated rings. The quantitative estimate of drug-likeness (QED) is 0.674. The van der Waals surface area contributed by atoms with Crippen molar-refractivity contribution in [3.8, 4) is 11.5 Å². The van der Waals surface area contributed by atoms with E-state index in [1.54, 1.807) is 12.1 Å². The topological polar surface area (TPSA) is 72.8 Å². The van der Waals surface area contributed by atoms with E-state index in [0.717, 1.165) is 40.9 Å². The van der Waals surface area contributed by atoms with Gasteiger partial charge < -0.3 is 14.6 Å². The Hall–Kier alpha value is -2.57. The van der Waals surface area contributed by atoms with Gasteiger partial charge in [0, 0.05) is 0 Å². The van der Waals surface area contributed by atoms with Gasteiger partial charge in [0.15, 0.2) is 9.84 Å². The summed E-state index contributed by atoms with van der Waals surface area (Å²) in [6.07, 6.45) is 3.33. The summed E-state index contributed by atoms with van der Waals surface area (Å²) in [6.45, 7) is 2.54. The summed E-state index contributed by atoms with van der Waals surface area (Å²) in [6, 6.07) is 16.5. The van der Waals surface area contributed by atoms with Crippen LogP contribution in [0.15, 0.2) is 71.3 Å². The van der Waals surface area contributed by atoms with E-state index >= 15 is 0 Å². The molecule has 0 amide bonds. The van der Waals surface area contributed by atoms with E-state index in [-0.39, 0.29) is 30.8 Å². The van der Waals surface area contributed by atoms with Gasteiger partial charge in [0.1, 0.15) is 23.4 Å². The molecule has 2 aromatic carbocycles. The Morgan fingerprint density at radius 3 is 2.77 bits per heavy atom. The maximum absolute atomic E-state index is 12.6. The van der Waals surface area contributed by atoms with Crippen LogP contribution in [-0.4, -0.2) is 43.8 Å². The van der Waals surface area contributed by atoms with E-state index in [1.165, 1.54) is 0 Å². The van der Waals surface area contributed by atoms with Gasteiger partial charge in [-0.05, 0) is 60.7 Å². The lowest BCUT2D eigenvalue weighted by atomic mass is 9.97. The van der Waals surface area contributed by atoms with Crippen molar-refractivity contribution < 1.29 is 23.0 Å². The average molecular weight is 427 g/mol. The number of fused-ring (bicyclic) bond motifs is 1. The van der Waals surface area contributed by atoms with Crippen LogP contribution in [-0.2, 0) is 14.6 Å². The first-order valence-corrected chi connectivity index (χ1v) is 11.8. The van der Waals surface area contributed by atoms with Crippen molar-refractivity contribution in [3.63, 3.8) is 0 Å². The highest BCUT2D eigenvalue weighted by Gasteiger charge is 2.46. The van der Waals surface area contributed by atoms with E-state index in [1.807, 2.05) is 55.5 Å². The molecule has 6 heteroatoms. The highest BCUT2D eigenvalue weighted by atomic mass is 32.2. The van der Waals surface area contributed by atoms with Crippen molar-refractivity contribution in [1.82, 2.24) is 0 Å². The molecule has 2 aromatic rings. The number of phenols is 1. The molecule has 5 nitrogen and oxygen atoms in total. The molecular weight excluding hydrogens is 400 g/mol. The van der Waals surface area contributed by atoms with Gasteiger partial charge in [0.05, 0.1) is 18.5 Å².